The molecule has 1 aromatic rings. The number of aromatic hydroxyl groups is 1. The minimum Gasteiger partial charge on any atom is -0.504 e. The third-order valence-electron chi connectivity index (χ3n) is 3.17. The lowest BCUT2D eigenvalue weighted by Crippen LogP contribution is -2.23. The fraction of sp³-hybridized carbons (Fsp3) is 0.538. The normalized spacial score (nSPS) is 15.4. The zero-order valence-electron chi connectivity index (χ0n) is 9.94. The van der Waals surface area contributed by atoms with Gasteiger partial charge in [-0.1, -0.05) is 6.07 Å². The van der Waals surface area contributed by atoms with E-state index >= 15 is 0 Å². The van der Waals surface area contributed by atoms with Crippen molar-refractivity contribution >= 4 is 0 Å². The predicted molar refractivity (Wildman–Crippen MR) is 64.0 cm³/mol. The van der Waals surface area contributed by atoms with Crippen LogP contribution in [0.1, 0.15) is 18.4 Å². The smallest absolute Gasteiger partial charge is 0.160 e. The molecule has 0 amide bonds. The predicted octanol–water partition coefficient (Wildman–Crippen LogP) is 2.04. The Balaban J connectivity index is 1.93. The van der Waals surface area contributed by atoms with E-state index in [2.05, 4.69) is 11.9 Å². The molecule has 0 atom stereocenters. The second-order valence-electron chi connectivity index (χ2n) is 4.47. The summed E-state index contributed by atoms with van der Waals surface area (Å²) in [5, 5.41) is 9.48. The van der Waals surface area contributed by atoms with Gasteiger partial charge in [0.25, 0.3) is 0 Å². The van der Waals surface area contributed by atoms with Crippen molar-refractivity contribution in [2.75, 3.05) is 20.7 Å². The van der Waals surface area contributed by atoms with E-state index in [0.29, 0.717) is 5.75 Å². The third-order valence-corrected chi connectivity index (χ3v) is 3.17. The highest BCUT2D eigenvalue weighted by Crippen LogP contribution is 2.28. The standard InChI is InChI=1S/C13H19NO2/c1-14(11-4-5-11)8-7-10-3-6-12(15)13(9-10)16-2/h3,6,9,11,15H,4-5,7-8H2,1-2H3. The van der Waals surface area contributed by atoms with E-state index < -0.39 is 0 Å². The summed E-state index contributed by atoms with van der Waals surface area (Å²) in [5.41, 5.74) is 1.21. The lowest BCUT2D eigenvalue weighted by molar-refractivity contribution is 0.328. The van der Waals surface area contributed by atoms with Gasteiger partial charge < -0.3 is 14.7 Å². The number of phenolic OH excluding ortho intramolecular Hbond substituents is 1. The Labute approximate surface area is 96.6 Å². The summed E-state index contributed by atoms with van der Waals surface area (Å²) in [6.45, 7) is 1.07. The van der Waals surface area contributed by atoms with Gasteiger partial charge in [-0.3, -0.25) is 0 Å². The van der Waals surface area contributed by atoms with Gasteiger partial charge in [0.2, 0.25) is 0 Å². The molecule has 0 spiro atoms. The molecule has 0 heterocycles. The number of hydrogen-bond donors (Lipinski definition) is 1. The van der Waals surface area contributed by atoms with Crippen LogP contribution in [-0.2, 0) is 6.42 Å². The van der Waals surface area contributed by atoms with Crippen LogP contribution in [0.25, 0.3) is 0 Å². The zero-order valence-corrected chi connectivity index (χ0v) is 9.94. The van der Waals surface area contributed by atoms with Gasteiger partial charge in [-0.25, -0.2) is 0 Å². The molecule has 0 bridgehead atoms. The number of ether oxygens (including phenoxy) is 1. The van der Waals surface area contributed by atoms with Crippen LogP contribution in [0.5, 0.6) is 11.5 Å². The molecule has 0 radical (unpaired) electrons. The SMILES string of the molecule is COc1cc(CCN(C)C2CC2)ccc1O. The second kappa shape index (κ2) is 4.74. The minimum absolute atomic E-state index is 0.210. The topological polar surface area (TPSA) is 32.7 Å². The molecule has 1 aromatic carbocycles. The van der Waals surface area contributed by atoms with Crippen molar-refractivity contribution < 1.29 is 9.84 Å². The summed E-state index contributed by atoms with van der Waals surface area (Å²) >= 11 is 0. The van der Waals surface area contributed by atoms with Gasteiger partial charge in [0.1, 0.15) is 0 Å². The summed E-state index contributed by atoms with van der Waals surface area (Å²) in [4.78, 5) is 2.40. The number of methoxy groups -OCH3 is 1. The number of rotatable bonds is 5. The van der Waals surface area contributed by atoms with Gasteiger partial charge in [-0.15, -0.1) is 0 Å². The highest BCUT2D eigenvalue weighted by Gasteiger charge is 2.25. The first-order chi connectivity index (χ1) is 7.70. The van der Waals surface area contributed by atoms with Crippen LogP contribution >= 0.6 is 0 Å². The molecule has 3 nitrogen and oxygen atoms in total. The van der Waals surface area contributed by atoms with Crippen molar-refractivity contribution in [2.45, 2.75) is 25.3 Å². The molecule has 16 heavy (non-hydrogen) atoms. The van der Waals surface area contributed by atoms with Crippen LogP contribution in [-0.4, -0.2) is 36.8 Å². The lowest BCUT2D eigenvalue weighted by Gasteiger charge is -2.15. The van der Waals surface area contributed by atoms with E-state index in [1.54, 1.807) is 13.2 Å². The molecule has 1 aliphatic rings. The van der Waals surface area contributed by atoms with E-state index in [4.69, 9.17) is 4.74 Å². The quantitative estimate of drug-likeness (QED) is 0.826. The molecular weight excluding hydrogens is 202 g/mol. The Morgan fingerprint density at radius 2 is 2.19 bits per heavy atom. The van der Waals surface area contributed by atoms with Crippen molar-refractivity contribution in [3.05, 3.63) is 23.8 Å². The molecule has 1 saturated carbocycles. The Morgan fingerprint density at radius 1 is 1.44 bits per heavy atom. The molecule has 88 valence electrons. The average Bonchev–Trinajstić information content (AvgIpc) is 3.11. The first-order valence-electron chi connectivity index (χ1n) is 5.77. The van der Waals surface area contributed by atoms with E-state index in [0.717, 1.165) is 19.0 Å². The van der Waals surface area contributed by atoms with Crippen LogP contribution < -0.4 is 4.74 Å². The highest BCUT2D eigenvalue weighted by atomic mass is 16.5. The molecule has 1 aliphatic carbocycles. The maximum absolute atomic E-state index is 9.48. The summed E-state index contributed by atoms with van der Waals surface area (Å²) in [6.07, 6.45) is 3.69. The summed E-state index contributed by atoms with van der Waals surface area (Å²) in [7, 11) is 3.75. The molecule has 3 heteroatoms. The van der Waals surface area contributed by atoms with Crippen molar-refractivity contribution in [3.63, 3.8) is 0 Å². The maximum atomic E-state index is 9.48. The molecule has 0 unspecified atom stereocenters. The van der Waals surface area contributed by atoms with Crippen LogP contribution in [0.2, 0.25) is 0 Å². The van der Waals surface area contributed by atoms with Crippen LogP contribution in [0.4, 0.5) is 0 Å². The average molecular weight is 221 g/mol. The molecule has 0 saturated heterocycles. The van der Waals surface area contributed by atoms with E-state index in [1.807, 2.05) is 12.1 Å². The Morgan fingerprint density at radius 3 is 2.81 bits per heavy atom. The van der Waals surface area contributed by atoms with Gasteiger partial charge in [0, 0.05) is 12.6 Å². The number of hydrogen-bond acceptors (Lipinski definition) is 3. The molecule has 0 aliphatic heterocycles. The van der Waals surface area contributed by atoms with Crippen molar-refractivity contribution in [3.8, 4) is 11.5 Å². The van der Waals surface area contributed by atoms with Crippen LogP contribution in [0.15, 0.2) is 18.2 Å². The number of likely N-dealkylation sites (N-methyl/N-ethyl adjacent to an activating group) is 1. The zero-order chi connectivity index (χ0) is 11.5. The van der Waals surface area contributed by atoms with Gasteiger partial charge in [0.05, 0.1) is 7.11 Å². The van der Waals surface area contributed by atoms with E-state index in [1.165, 1.54) is 18.4 Å². The minimum atomic E-state index is 0.210. The molecule has 1 fully saturated rings. The van der Waals surface area contributed by atoms with Crippen molar-refractivity contribution in [1.29, 1.82) is 0 Å². The monoisotopic (exact) mass is 221 g/mol. The van der Waals surface area contributed by atoms with Gasteiger partial charge >= 0.3 is 0 Å². The van der Waals surface area contributed by atoms with Gasteiger partial charge in [0.15, 0.2) is 11.5 Å². The first kappa shape index (κ1) is 11.3. The third kappa shape index (κ3) is 2.67. The number of phenols is 1. The number of nitrogens with zero attached hydrogens (tertiary/aromatic N) is 1. The maximum Gasteiger partial charge on any atom is 0.160 e. The summed E-state index contributed by atoms with van der Waals surface area (Å²) in [5.74, 6) is 0.772. The Hall–Kier alpha value is -1.22. The highest BCUT2D eigenvalue weighted by molar-refractivity contribution is 5.41. The Kier molecular flexibility index (Phi) is 3.34. The van der Waals surface area contributed by atoms with Crippen molar-refractivity contribution in [1.82, 2.24) is 4.90 Å². The summed E-state index contributed by atoms with van der Waals surface area (Å²) in [6, 6.07) is 6.37. The van der Waals surface area contributed by atoms with Crippen LogP contribution in [0.3, 0.4) is 0 Å². The fourth-order valence-electron chi connectivity index (χ4n) is 1.88. The van der Waals surface area contributed by atoms with Gasteiger partial charge in [-0.05, 0) is 44.0 Å². The van der Waals surface area contributed by atoms with Gasteiger partial charge in [-0.2, -0.15) is 0 Å². The summed E-state index contributed by atoms with van der Waals surface area (Å²) < 4.78 is 5.09. The molecular formula is C13H19NO2. The first-order valence-corrected chi connectivity index (χ1v) is 5.77. The second-order valence-corrected chi connectivity index (χ2v) is 4.47. The largest absolute Gasteiger partial charge is 0.504 e. The molecule has 1 N–H and O–H groups in total. The fourth-order valence-corrected chi connectivity index (χ4v) is 1.88. The van der Waals surface area contributed by atoms with Crippen molar-refractivity contribution in [2.24, 2.45) is 0 Å². The van der Waals surface area contributed by atoms with Crippen LogP contribution in [0, 0.1) is 0 Å². The Bertz CT molecular complexity index is 361. The van der Waals surface area contributed by atoms with E-state index in [9.17, 15) is 5.11 Å². The molecule has 2 rings (SSSR count). The lowest BCUT2D eigenvalue weighted by atomic mass is 10.1. The number of benzene rings is 1. The molecule has 0 aromatic heterocycles. The van der Waals surface area contributed by atoms with E-state index in [-0.39, 0.29) is 5.75 Å².